The standard InChI is InChI=1S/C19H26BrN3O/c1-5-16-18(14-7-9-15(20)10-8-14)17(19(21)24)13(2)23(16)12-6-11-22(3)4/h7-10H,5-6,11-12H2,1-4H3,(H2,21,24). The van der Waals surface area contributed by atoms with Crippen LogP contribution in [0, 0.1) is 6.92 Å². The fourth-order valence-electron chi connectivity index (χ4n) is 3.24. The lowest BCUT2D eigenvalue weighted by atomic mass is 9.99. The lowest BCUT2D eigenvalue weighted by Crippen LogP contribution is -2.17. The third-order valence-corrected chi connectivity index (χ3v) is 4.86. The average Bonchev–Trinajstić information content (AvgIpc) is 2.80. The summed E-state index contributed by atoms with van der Waals surface area (Å²) in [5.41, 5.74) is 10.6. The SMILES string of the molecule is CCc1c(-c2ccc(Br)cc2)c(C(N)=O)c(C)n1CCCN(C)C. The third kappa shape index (κ3) is 3.90. The highest BCUT2D eigenvalue weighted by atomic mass is 79.9. The van der Waals surface area contributed by atoms with E-state index in [1.807, 2.05) is 31.2 Å². The molecule has 2 aromatic rings. The molecule has 0 unspecified atom stereocenters. The number of primary amides is 1. The van der Waals surface area contributed by atoms with Crippen LogP contribution in [0.1, 0.15) is 35.1 Å². The van der Waals surface area contributed by atoms with E-state index in [1.54, 1.807) is 0 Å². The number of carbonyl (C=O) groups excluding carboxylic acids is 1. The molecule has 0 saturated carbocycles. The van der Waals surface area contributed by atoms with E-state index in [1.165, 1.54) is 5.69 Å². The molecular weight excluding hydrogens is 366 g/mol. The summed E-state index contributed by atoms with van der Waals surface area (Å²) in [5, 5.41) is 0. The number of hydrogen-bond acceptors (Lipinski definition) is 2. The Morgan fingerprint density at radius 1 is 1.25 bits per heavy atom. The predicted molar refractivity (Wildman–Crippen MR) is 103 cm³/mol. The number of benzene rings is 1. The molecule has 0 spiro atoms. The summed E-state index contributed by atoms with van der Waals surface area (Å²) in [4.78, 5) is 14.3. The Morgan fingerprint density at radius 3 is 2.38 bits per heavy atom. The van der Waals surface area contributed by atoms with Gasteiger partial charge in [-0.2, -0.15) is 0 Å². The van der Waals surface area contributed by atoms with Crippen molar-refractivity contribution in [2.75, 3.05) is 20.6 Å². The summed E-state index contributed by atoms with van der Waals surface area (Å²) >= 11 is 3.47. The maximum Gasteiger partial charge on any atom is 0.251 e. The van der Waals surface area contributed by atoms with Crippen LogP contribution < -0.4 is 5.73 Å². The second kappa shape index (κ2) is 7.99. The van der Waals surface area contributed by atoms with Gasteiger partial charge in [0.15, 0.2) is 0 Å². The lowest BCUT2D eigenvalue weighted by Gasteiger charge is -2.14. The second-order valence-corrected chi connectivity index (χ2v) is 7.23. The van der Waals surface area contributed by atoms with E-state index in [0.717, 1.165) is 47.2 Å². The van der Waals surface area contributed by atoms with Gasteiger partial charge in [0.2, 0.25) is 0 Å². The van der Waals surface area contributed by atoms with Crippen molar-refractivity contribution < 1.29 is 4.79 Å². The number of carbonyl (C=O) groups is 1. The van der Waals surface area contributed by atoms with E-state index < -0.39 is 0 Å². The van der Waals surface area contributed by atoms with E-state index in [-0.39, 0.29) is 5.91 Å². The zero-order valence-electron chi connectivity index (χ0n) is 14.9. The molecule has 130 valence electrons. The first-order chi connectivity index (χ1) is 11.4. The number of rotatable bonds is 7. The van der Waals surface area contributed by atoms with Crippen LogP contribution in [-0.2, 0) is 13.0 Å². The molecule has 0 bridgehead atoms. The summed E-state index contributed by atoms with van der Waals surface area (Å²) in [6, 6.07) is 8.07. The van der Waals surface area contributed by atoms with Crippen molar-refractivity contribution in [3.8, 4) is 11.1 Å². The van der Waals surface area contributed by atoms with E-state index in [2.05, 4.69) is 46.4 Å². The van der Waals surface area contributed by atoms with Crippen molar-refractivity contribution in [1.29, 1.82) is 0 Å². The second-order valence-electron chi connectivity index (χ2n) is 6.32. The molecule has 0 saturated heterocycles. The first-order valence-corrected chi connectivity index (χ1v) is 9.08. The molecule has 2 rings (SSSR count). The monoisotopic (exact) mass is 391 g/mol. The smallest absolute Gasteiger partial charge is 0.251 e. The molecule has 0 aliphatic heterocycles. The molecule has 4 nitrogen and oxygen atoms in total. The van der Waals surface area contributed by atoms with E-state index in [4.69, 9.17) is 5.73 Å². The minimum absolute atomic E-state index is 0.355. The van der Waals surface area contributed by atoms with Gasteiger partial charge in [0.05, 0.1) is 5.56 Å². The van der Waals surface area contributed by atoms with Crippen molar-refractivity contribution in [2.45, 2.75) is 33.2 Å². The van der Waals surface area contributed by atoms with Crippen LogP contribution in [0.25, 0.3) is 11.1 Å². The molecule has 5 heteroatoms. The molecule has 1 aromatic heterocycles. The maximum atomic E-state index is 12.1. The average molecular weight is 392 g/mol. The van der Waals surface area contributed by atoms with Crippen LogP contribution in [0.5, 0.6) is 0 Å². The normalized spacial score (nSPS) is 11.2. The highest BCUT2D eigenvalue weighted by Gasteiger charge is 2.23. The Balaban J connectivity index is 2.55. The highest BCUT2D eigenvalue weighted by molar-refractivity contribution is 9.10. The largest absolute Gasteiger partial charge is 0.366 e. The molecule has 1 amide bonds. The summed E-state index contributed by atoms with van der Waals surface area (Å²) < 4.78 is 3.29. The Morgan fingerprint density at radius 2 is 1.88 bits per heavy atom. The number of nitrogens with two attached hydrogens (primary N) is 1. The molecular formula is C19H26BrN3O. The Bertz CT molecular complexity index is 717. The minimum Gasteiger partial charge on any atom is -0.366 e. The molecule has 24 heavy (non-hydrogen) atoms. The number of halogens is 1. The van der Waals surface area contributed by atoms with Gasteiger partial charge in [0, 0.05) is 28.0 Å². The van der Waals surface area contributed by atoms with Crippen LogP contribution in [0.2, 0.25) is 0 Å². The highest BCUT2D eigenvalue weighted by Crippen LogP contribution is 2.34. The van der Waals surface area contributed by atoms with Crippen molar-refractivity contribution in [2.24, 2.45) is 5.73 Å². The fraction of sp³-hybridized carbons (Fsp3) is 0.421. The Kier molecular flexibility index (Phi) is 6.24. The number of hydrogen-bond donors (Lipinski definition) is 1. The zero-order valence-corrected chi connectivity index (χ0v) is 16.5. The van der Waals surface area contributed by atoms with Gasteiger partial charge in [-0.1, -0.05) is 35.0 Å². The number of nitrogens with zero attached hydrogens (tertiary/aromatic N) is 2. The first-order valence-electron chi connectivity index (χ1n) is 8.29. The molecule has 0 fully saturated rings. The van der Waals surface area contributed by atoms with Gasteiger partial charge in [0.25, 0.3) is 5.91 Å². The lowest BCUT2D eigenvalue weighted by molar-refractivity contribution is 0.1000. The first kappa shape index (κ1) is 18.7. The molecule has 0 atom stereocenters. The van der Waals surface area contributed by atoms with E-state index >= 15 is 0 Å². The number of aromatic nitrogens is 1. The van der Waals surface area contributed by atoms with Crippen LogP contribution in [0.4, 0.5) is 0 Å². The van der Waals surface area contributed by atoms with Crippen molar-refractivity contribution >= 4 is 21.8 Å². The van der Waals surface area contributed by atoms with Crippen LogP contribution >= 0.6 is 15.9 Å². The zero-order chi connectivity index (χ0) is 17.9. The molecule has 0 aliphatic carbocycles. The van der Waals surface area contributed by atoms with Gasteiger partial charge in [0.1, 0.15) is 0 Å². The topological polar surface area (TPSA) is 51.3 Å². The quantitative estimate of drug-likeness (QED) is 0.779. The van der Waals surface area contributed by atoms with Gasteiger partial charge in [-0.05, 0) is 58.1 Å². The minimum atomic E-state index is -0.355. The maximum absolute atomic E-state index is 12.1. The van der Waals surface area contributed by atoms with E-state index in [0.29, 0.717) is 5.56 Å². The van der Waals surface area contributed by atoms with E-state index in [9.17, 15) is 4.79 Å². The van der Waals surface area contributed by atoms with Gasteiger partial charge < -0.3 is 15.2 Å². The van der Waals surface area contributed by atoms with Crippen molar-refractivity contribution in [3.05, 3.63) is 45.7 Å². The van der Waals surface area contributed by atoms with Crippen LogP contribution in [0.3, 0.4) is 0 Å². The van der Waals surface area contributed by atoms with Gasteiger partial charge in [-0.15, -0.1) is 0 Å². The fourth-order valence-corrected chi connectivity index (χ4v) is 3.51. The molecule has 0 radical (unpaired) electrons. The van der Waals surface area contributed by atoms with Gasteiger partial charge in [-0.25, -0.2) is 0 Å². The number of amides is 1. The third-order valence-electron chi connectivity index (χ3n) is 4.33. The molecule has 0 aliphatic rings. The van der Waals surface area contributed by atoms with Crippen molar-refractivity contribution in [1.82, 2.24) is 9.47 Å². The van der Waals surface area contributed by atoms with Crippen LogP contribution in [-0.4, -0.2) is 36.0 Å². The summed E-state index contributed by atoms with van der Waals surface area (Å²) in [6.07, 6.45) is 1.90. The van der Waals surface area contributed by atoms with Gasteiger partial charge in [-0.3, -0.25) is 4.79 Å². The summed E-state index contributed by atoms with van der Waals surface area (Å²) in [6.45, 7) is 6.03. The molecule has 1 heterocycles. The Labute approximate surface area is 152 Å². The summed E-state index contributed by atoms with van der Waals surface area (Å²) in [7, 11) is 4.15. The molecule has 1 aromatic carbocycles. The van der Waals surface area contributed by atoms with Crippen LogP contribution in [0.15, 0.2) is 28.7 Å². The Hall–Kier alpha value is -1.59. The predicted octanol–water partition coefficient (Wildman–Crippen LogP) is 3.84. The van der Waals surface area contributed by atoms with Crippen molar-refractivity contribution in [3.63, 3.8) is 0 Å². The molecule has 2 N–H and O–H groups in total. The summed E-state index contributed by atoms with van der Waals surface area (Å²) in [5.74, 6) is -0.355. The van der Waals surface area contributed by atoms with Gasteiger partial charge >= 0.3 is 0 Å².